The smallest absolute Gasteiger partial charge is 0.131 e. The van der Waals surface area contributed by atoms with Crippen LogP contribution in [0.1, 0.15) is 21.4 Å². The maximum atomic E-state index is 13.7. The topological polar surface area (TPSA) is 0 Å². The van der Waals surface area contributed by atoms with Crippen molar-refractivity contribution < 1.29 is 8.78 Å². The van der Waals surface area contributed by atoms with Gasteiger partial charge in [-0.25, -0.2) is 8.78 Å². The normalized spacial score (nSPS) is 12.8. The predicted octanol–water partition coefficient (Wildman–Crippen LogP) is 5.43. The molecule has 17 heavy (non-hydrogen) atoms. The van der Waals surface area contributed by atoms with E-state index in [4.69, 9.17) is 11.6 Å². The molecule has 2 rings (SSSR count). The van der Waals surface area contributed by atoms with Crippen LogP contribution in [0.15, 0.2) is 28.1 Å². The molecule has 1 unspecified atom stereocenters. The second kappa shape index (κ2) is 5.04. The third-order valence-corrected chi connectivity index (χ3v) is 4.94. The number of rotatable bonds is 2. The van der Waals surface area contributed by atoms with Gasteiger partial charge in [0.05, 0.1) is 5.38 Å². The highest BCUT2D eigenvalue weighted by Crippen LogP contribution is 2.38. The SMILES string of the molecule is Cc1cc(C(Cl)c2sccc2Br)c(F)cc1F. The number of benzene rings is 1. The van der Waals surface area contributed by atoms with Crippen molar-refractivity contribution in [3.63, 3.8) is 0 Å². The maximum Gasteiger partial charge on any atom is 0.131 e. The van der Waals surface area contributed by atoms with Crippen molar-refractivity contribution >= 4 is 38.9 Å². The first-order chi connectivity index (χ1) is 8.00. The van der Waals surface area contributed by atoms with E-state index in [2.05, 4.69) is 15.9 Å². The van der Waals surface area contributed by atoms with E-state index in [1.54, 1.807) is 6.92 Å². The lowest BCUT2D eigenvalue weighted by molar-refractivity contribution is 0.568. The van der Waals surface area contributed by atoms with Crippen molar-refractivity contribution in [1.29, 1.82) is 0 Å². The van der Waals surface area contributed by atoms with E-state index in [1.165, 1.54) is 17.4 Å². The Balaban J connectivity index is 2.48. The molecule has 90 valence electrons. The minimum absolute atomic E-state index is 0.300. The maximum absolute atomic E-state index is 13.7. The molecule has 0 fully saturated rings. The van der Waals surface area contributed by atoms with E-state index in [-0.39, 0.29) is 0 Å². The first-order valence-corrected chi connectivity index (χ1v) is 6.94. The molecule has 0 nitrogen and oxygen atoms in total. The Morgan fingerprint density at radius 2 is 2.00 bits per heavy atom. The molecule has 0 radical (unpaired) electrons. The van der Waals surface area contributed by atoms with E-state index >= 15 is 0 Å². The van der Waals surface area contributed by atoms with Gasteiger partial charge in [-0.3, -0.25) is 0 Å². The highest BCUT2D eigenvalue weighted by molar-refractivity contribution is 9.10. The summed E-state index contributed by atoms with van der Waals surface area (Å²) in [7, 11) is 0. The standard InChI is InChI=1S/C12H8BrClF2S/c1-6-4-7(10(16)5-9(6)15)11(14)12-8(13)2-3-17-12/h2-5,11H,1H3. The van der Waals surface area contributed by atoms with E-state index in [0.29, 0.717) is 11.1 Å². The molecule has 0 bridgehead atoms. The summed E-state index contributed by atoms with van der Waals surface area (Å²) in [6.45, 7) is 1.59. The third-order valence-electron chi connectivity index (χ3n) is 2.43. The largest absolute Gasteiger partial charge is 0.207 e. The number of thiophene rings is 1. The van der Waals surface area contributed by atoms with E-state index in [1.807, 2.05) is 11.4 Å². The number of hydrogen-bond donors (Lipinski definition) is 0. The molecule has 5 heteroatoms. The van der Waals surface area contributed by atoms with Crippen LogP contribution in [0.25, 0.3) is 0 Å². The van der Waals surface area contributed by atoms with Crippen LogP contribution in [-0.2, 0) is 0 Å². The molecule has 1 atom stereocenters. The Bertz CT molecular complexity index is 553. The summed E-state index contributed by atoms with van der Waals surface area (Å²) < 4.78 is 27.7. The Kier molecular flexibility index (Phi) is 3.85. The molecule has 2 aromatic rings. The van der Waals surface area contributed by atoms with Gasteiger partial charge >= 0.3 is 0 Å². The fourth-order valence-electron chi connectivity index (χ4n) is 1.50. The van der Waals surface area contributed by atoms with E-state index in [9.17, 15) is 8.78 Å². The van der Waals surface area contributed by atoms with Crippen molar-refractivity contribution in [2.24, 2.45) is 0 Å². The van der Waals surface area contributed by atoms with Crippen LogP contribution in [0.3, 0.4) is 0 Å². The van der Waals surface area contributed by atoms with E-state index in [0.717, 1.165) is 15.4 Å². The van der Waals surface area contributed by atoms with Crippen molar-refractivity contribution in [2.45, 2.75) is 12.3 Å². The molecule has 0 saturated heterocycles. The van der Waals surface area contributed by atoms with Gasteiger partial charge in [-0.05, 0) is 45.9 Å². The Hall–Kier alpha value is -0.450. The molecular weight excluding hydrogens is 330 g/mol. The summed E-state index contributed by atoms with van der Waals surface area (Å²) in [6, 6.07) is 4.18. The number of halogens is 4. The molecule has 0 aliphatic heterocycles. The van der Waals surface area contributed by atoms with Crippen LogP contribution < -0.4 is 0 Å². The zero-order chi connectivity index (χ0) is 12.6. The summed E-state index contributed by atoms with van der Waals surface area (Å²) in [5.74, 6) is -1.17. The Morgan fingerprint density at radius 1 is 1.29 bits per heavy atom. The predicted molar refractivity (Wildman–Crippen MR) is 70.8 cm³/mol. The van der Waals surface area contributed by atoms with Gasteiger partial charge in [0.25, 0.3) is 0 Å². The quantitative estimate of drug-likeness (QED) is 0.641. The van der Waals surface area contributed by atoms with Gasteiger partial charge in [0.1, 0.15) is 11.6 Å². The lowest BCUT2D eigenvalue weighted by atomic mass is 10.1. The average molecular weight is 338 g/mol. The molecule has 1 aromatic heterocycles. The zero-order valence-electron chi connectivity index (χ0n) is 8.81. The minimum Gasteiger partial charge on any atom is -0.207 e. The van der Waals surface area contributed by atoms with Gasteiger partial charge in [-0.1, -0.05) is 0 Å². The lowest BCUT2D eigenvalue weighted by Gasteiger charge is -2.11. The van der Waals surface area contributed by atoms with Crippen molar-refractivity contribution in [3.05, 3.63) is 55.7 Å². The Morgan fingerprint density at radius 3 is 2.59 bits per heavy atom. The number of alkyl halides is 1. The molecule has 0 N–H and O–H groups in total. The second-order valence-corrected chi connectivity index (χ2v) is 5.86. The Labute approximate surface area is 115 Å². The van der Waals surface area contributed by atoms with Crippen LogP contribution >= 0.6 is 38.9 Å². The molecule has 0 aliphatic carbocycles. The fourth-order valence-corrected chi connectivity index (χ4v) is 3.67. The van der Waals surface area contributed by atoms with Crippen molar-refractivity contribution in [2.75, 3.05) is 0 Å². The molecule has 0 amide bonds. The van der Waals surface area contributed by atoms with E-state index < -0.39 is 17.0 Å². The monoisotopic (exact) mass is 336 g/mol. The highest BCUT2D eigenvalue weighted by Gasteiger charge is 2.20. The van der Waals surface area contributed by atoms with Crippen LogP contribution in [0.2, 0.25) is 0 Å². The van der Waals surface area contributed by atoms with Gasteiger partial charge in [-0.15, -0.1) is 22.9 Å². The van der Waals surface area contributed by atoms with Gasteiger partial charge in [0, 0.05) is 21.0 Å². The molecule has 0 saturated carbocycles. The van der Waals surface area contributed by atoms with Crippen LogP contribution in [-0.4, -0.2) is 0 Å². The van der Waals surface area contributed by atoms with Gasteiger partial charge < -0.3 is 0 Å². The summed E-state index contributed by atoms with van der Waals surface area (Å²) >= 11 is 11.0. The second-order valence-electron chi connectivity index (χ2n) is 3.62. The lowest BCUT2D eigenvalue weighted by Crippen LogP contribution is -1.98. The molecule has 1 aromatic carbocycles. The number of aryl methyl sites for hydroxylation is 1. The summed E-state index contributed by atoms with van der Waals surface area (Å²) in [5.41, 5.74) is 0.688. The van der Waals surface area contributed by atoms with Crippen LogP contribution in [0, 0.1) is 18.6 Å². The summed E-state index contributed by atoms with van der Waals surface area (Å²) in [6.07, 6.45) is 0. The molecule has 0 spiro atoms. The zero-order valence-corrected chi connectivity index (χ0v) is 12.0. The van der Waals surface area contributed by atoms with Crippen molar-refractivity contribution in [3.8, 4) is 0 Å². The van der Waals surface area contributed by atoms with Gasteiger partial charge in [-0.2, -0.15) is 0 Å². The summed E-state index contributed by atoms with van der Waals surface area (Å²) in [5, 5.41) is 1.26. The first-order valence-electron chi connectivity index (χ1n) is 4.83. The molecule has 1 heterocycles. The fraction of sp³-hybridized carbons (Fsp3) is 0.167. The van der Waals surface area contributed by atoms with Crippen LogP contribution in [0.5, 0.6) is 0 Å². The third kappa shape index (κ3) is 2.54. The minimum atomic E-state index is -0.617. The molecule has 0 aliphatic rings. The number of hydrogen-bond acceptors (Lipinski definition) is 1. The first kappa shape index (κ1) is 13.0. The highest BCUT2D eigenvalue weighted by atomic mass is 79.9. The van der Waals surface area contributed by atoms with Crippen LogP contribution in [0.4, 0.5) is 8.78 Å². The average Bonchev–Trinajstić information content (AvgIpc) is 2.69. The van der Waals surface area contributed by atoms with Gasteiger partial charge in [0.2, 0.25) is 0 Å². The van der Waals surface area contributed by atoms with Crippen molar-refractivity contribution in [1.82, 2.24) is 0 Å². The molecular formula is C12H8BrClF2S. The summed E-state index contributed by atoms with van der Waals surface area (Å²) in [4.78, 5) is 0.816. The van der Waals surface area contributed by atoms with Gasteiger partial charge in [0.15, 0.2) is 0 Å².